The van der Waals surface area contributed by atoms with Crippen LogP contribution in [0.25, 0.3) is 0 Å². The third kappa shape index (κ3) is 6.03. The minimum Gasteiger partial charge on any atom is -0.454 e. The molecule has 0 bridgehead atoms. The van der Waals surface area contributed by atoms with E-state index in [-0.39, 0.29) is 45.2 Å². The van der Waals surface area contributed by atoms with Gasteiger partial charge in [-0.1, -0.05) is 23.7 Å². The third-order valence-corrected chi connectivity index (χ3v) is 6.86. The molecule has 8 nitrogen and oxygen atoms in total. The van der Waals surface area contributed by atoms with Gasteiger partial charge in [-0.25, -0.2) is 8.70 Å². The van der Waals surface area contributed by atoms with Crippen LogP contribution in [0.3, 0.4) is 0 Å². The second-order valence-corrected chi connectivity index (χ2v) is 10.6. The highest BCUT2D eigenvalue weighted by Gasteiger charge is 2.31. The lowest BCUT2D eigenvalue weighted by molar-refractivity contribution is 0.0948. The Kier molecular flexibility index (Phi) is 8.01. The summed E-state index contributed by atoms with van der Waals surface area (Å²) in [5.41, 5.74) is 1.37. The molecule has 196 valence electrons. The second kappa shape index (κ2) is 11.0. The van der Waals surface area contributed by atoms with Crippen molar-refractivity contribution in [1.29, 1.82) is 0 Å². The zero-order valence-corrected chi connectivity index (χ0v) is 22.8. The number of hydrogen-bond acceptors (Lipinski definition) is 7. The van der Waals surface area contributed by atoms with Gasteiger partial charge < -0.3 is 20.1 Å². The second-order valence-electron chi connectivity index (χ2n) is 9.12. The van der Waals surface area contributed by atoms with Crippen molar-refractivity contribution in [1.82, 2.24) is 14.2 Å². The molecule has 3 aromatic rings. The summed E-state index contributed by atoms with van der Waals surface area (Å²) in [7, 11) is 5.29. The first kappa shape index (κ1) is 26.8. The summed E-state index contributed by atoms with van der Waals surface area (Å²) in [5, 5.41) is 6.20. The lowest BCUT2D eigenvalue weighted by atomic mass is 10.1. The quantitative estimate of drug-likeness (QED) is 0.295. The topological polar surface area (TPSA) is 87.6 Å². The number of nitrogens with zero attached hydrogens (tertiary/aromatic N) is 2. The van der Waals surface area contributed by atoms with Crippen molar-refractivity contribution in [2.75, 3.05) is 24.1 Å². The highest BCUT2D eigenvalue weighted by Crippen LogP contribution is 2.40. The zero-order chi connectivity index (χ0) is 26.9. The Labute approximate surface area is 224 Å². The van der Waals surface area contributed by atoms with Crippen molar-refractivity contribution in [2.45, 2.75) is 32.7 Å². The first-order chi connectivity index (χ1) is 17.6. The van der Waals surface area contributed by atoms with E-state index in [2.05, 4.69) is 15.4 Å². The van der Waals surface area contributed by atoms with Crippen LogP contribution in [-0.4, -0.2) is 34.9 Å². The van der Waals surface area contributed by atoms with Gasteiger partial charge in [-0.05, 0) is 70.6 Å². The predicted molar refractivity (Wildman–Crippen MR) is 148 cm³/mol. The molecule has 2 aromatic carbocycles. The molecule has 11 heteroatoms. The average molecular weight is 546 g/mol. The molecular formula is C26H29ClFN5O3S. The Bertz CT molecular complexity index is 1410. The summed E-state index contributed by atoms with van der Waals surface area (Å²) < 4.78 is 27.2. The number of nitrogens with one attached hydrogen (secondary N) is 3. The predicted octanol–water partition coefficient (Wildman–Crippen LogP) is 5.76. The molecule has 1 fully saturated rings. The number of anilines is 3. The van der Waals surface area contributed by atoms with E-state index in [1.807, 2.05) is 18.4 Å². The number of amides is 1. The van der Waals surface area contributed by atoms with Crippen LogP contribution in [0.1, 0.15) is 34.3 Å². The fourth-order valence-corrected chi connectivity index (χ4v) is 4.37. The minimum atomic E-state index is -0.510. The maximum absolute atomic E-state index is 14.8. The first-order valence-corrected chi connectivity index (χ1v) is 12.9. The molecule has 0 saturated heterocycles. The van der Waals surface area contributed by atoms with Gasteiger partial charge in [-0.2, -0.15) is 0 Å². The van der Waals surface area contributed by atoms with Gasteiger partial charge >= 0.3 is 0 Å². The van der Waals surface area contributed by atoms with Crippen molar-refractivity contribution < 1.29 is 13.9 Å². The van der Waals surface area contributed by atoms with E-state index < -0.39 is 17.3 Å². The van der Waals surface area contributed by atoms with E-state index in [0.717, 1.165) is 18.4 Å². The highest BCUT2D eigenvalue weighted by atomic mass is 35.5. The molecule has 4 rings (SSSR count). The molecule has 1 aliphatic rings. The van der Waals surface area contributed by atoms with Crippen molar-refractivity contribution in [3.05, 3.63) is 74.3 Å². The number of aryl methyl sites for hydroxylation is 1. The van der Waals surface area contributed by atoms with Crippen molar-refractivity contribution in [2.24, 2.45) is 7.05 Å². The van der Waals surface area contributed by atoms with E-state index in [4.69, 9.17) is 16.3 Å². The summed E-state index contributed by atoms with van der Waals surface area (Å²) in [6.07, 6.45) is 1.73. The normalized spacial score (nSPS) is 13.0. The average Bonchev–Trinajstić information content (AvgIpc) is 3.66. The molecule has 3 N–H and O–H groups in total. The summed E-state index contributed by atoms with van der Waals surface area (Å²) >= 11 is 7.96. The van der Waals surface area contributed by atoms with E-state index in [0.29, 0.717) is 5.69 Å². The van der Waals surface area contributed by atoms with Crippen molar-refractivity contribution >= 4 is 46.8 Å². The summed E-state index contributed by atoms with van der Waals surface area (Å²) in [6.45, 7) is 3.36. The fraction of sp³-hybridized carbons (Fsp3) is 0.308. The lowest BCUT2D eigenvalue weighted by Crippen LogP contribution is -2.31. The number of pyridine rings is 1. The summed E-state index contributed by atoms with van der Waals surface area (Å²) in [6, 6.07) is 9.91. The molecule has 37 heavy (non-hydrogen) atoms. The number of halogens is 2. The number of hydrogen-bond donors (Lipinski definition) is 3. The molecule has 0 aliphatic heterocycles. The van der Waals surface area contributed by atoms with Gasteiger partial charge in [0.1, 0.15) is 28.0 Å². The van der Waals surface area contributed by atoms with Gasteiger partial charge in [-0.15, -0.1) is 0 Å². The van der Waals surface area contributed by atoms with Crippen LogP contribution >= 0.6 is 23.7 Å². The van der Waals surface area contributed by atoms with E-state index in [1.165, 1.54) is 29.8 Å². The maximum Gasteiger partial charge on any atom is 0.259 e. The molecule has 1 heterocycles. The third-order valence-electron chi connectivity index (χ3n) is 5.80. The van der Waals surface area contributed by atoms with Crippen LogP contribution in [0.5, 0.6) is 11.5 Å². The van der Waals surface area contributed by atoms with Crippen LogP contribution in [-0.2, 0) is 7.05 Å². The Morgan fingerprint density at radius 3 is 2.57 bits per heavy atom. The van der Waals surface area contributed by atoms with E-state index in [1.54, 1.807) is 44.2 Å². The van der Waals surface area contributed by atoms with Crippen LogP contribution in [0.2, 0.25) is 5.02 Å². The van der Waals surface area contributed by atoms with Crippen molar-refractivity contribution in [3.8, 4) is 11.5 Å². The molecule has 0 unspecified atom stereocenters. The van der Waals surface area contributed by atoms with Gasteiger partial charge in [0.05, 0.1) is 16.9 Å². The Balaban J connectivity index is 1.84. The van der Waals surface area contributed by atoms with Crippen LogP contribution < -0.4 is 25.7 Å². The first-order valence-electron chi connectivity index (χ1n) is 11.7. The molecule has 1 aliphatic carbocycles. The van der Waals surface area contributed by atoms with E-state index >= 15 is 0 Å². The molecule has 1 aromatic heterocycles. The van der Waals surface area contributed by atoms with Gasteiger partial charge in [-0.3, -0.25) is 14.2 Å². The summed E-state index contributed by atoms with van der Waals surface area (Å²) in [4.78, 5) is 26.7. The standard InChI is InChI=1S/C26H29ClFN5O3S/c1-14-9-12-18(17(28)13-14)30-24-21(25(34)29-16-10-11-16)23(15(2)26(35)33(24)5)36-20-8-6-7-19(22(20)27)31-37-32(3)4/h6-9,12-13,16,30-31H,10-11H2,1-5H3,(H,29,34). The number of carbonyl (C=O) groups excluding carboxylic acids is 1. The van der Waals surface area contributed by atoms with Gasteiger partial charge in [0.2, 0.25) is 0 Å². The highest BCUT2D eigenvalue weighted by molar-refractivity contribution is 7.98. The SMILES string of the molecule is Cc1ccc(Nc2c(C(=O)NC3CC3)c(Oc3cccc(NSN(C)C)c3Cl)c(C)c(=O)n2C)c(F)c1. The van der Waals surface area contributed by atoms with E-state index in [9.17, 15) is 14.0 Å². The molecule has 0 atom stereocenters. The molecule has 1 saturated carbocycles. The number of rotatable bonds is 9. The smallest absolute Gasteiger partial charge is 0.259 e. The minimum absolute atomic E-state index is 0.0426. The van der Waals surface area contributed by atoms with Crippen molar-refractivity contribution in [3.63, 3.8) is 0 Å². The van der Waals surface area contributed by atoms with Crippen LogP contribution in [0.15, 0.2) is 41.2 Å². The van der Waals surface area contributed by atoms with Gasteiger partial charge in [0.15, 0.2) is 5.75 Å². The lowest BCUT2D eigenvalue weighted by Gasteiger charge is -2.22. The number of ether oxygens (including phenoxy) is 1. The van der Waals surface area contributed by atoms with Crippen LogP contribution in [0, 0.1) is 19.7 Å². The zero-order valence-electron chi connectivity index (χ0n) is 21.2. The Hall–Kier alpha value is -3.21. The Morgan fingerprint density at radius 1 is 1.19 bits per heavy atom. The maximum atomic E-state index is 14.8. The molecule has 0 radical (unpaired) electrons. The number of aromatic nitrogens is 1. The Morgan fingerprint density at radius 2 is 1.92 bits per heavy atom. The largest absolute Gasteiger partial charge is 0.454 e. The number of benzene rings is 2. The number of carbonyl (C=O) groups is 1. The van der Waals surface area contributed by atoms with Gasteiger partial charge in [0.25, 0.3) is 11.5 Å². The fourth-order valence-electron chi connectivity index (χ4n) is 3.65. The molecular weight excluding hydrogens is 517 g/mol. The molecule has 1 amide bonds. The monoisotopic (exact) mass is 545 g/mol. The van der Waals surface area contributed by atoms with Gasteiger partial charge in [0, 0.05) is 25.2 Å². The summed E-state index contributed by atoms with van der Waals surface area (Å²) in [5.74, 6) is -0.519. The van der Waals surface area contributed by atoms with Crippen LogP contribution in [0.4, 0.5) is 21.6 Å². The molecule has 0 spiro atoms.